The fraction of sp³-hybridized carbons (Fsp3) is 0.360. The van der Waals surface area contributed by atoms with Crippen LogP contribution < -0.4 is 15.4 Å². The van der Waals surface area contributed by atoms with Crippen LogP contribution in [0.25, 0.3) is 0 Å². The Morgan fingerprint density at radius 1 is 1.33 bits per heavy atom. The molecular weight excluding hydrogens is 433 g/mol. The van der Waals surface area contributed by atoms with Gasteiger partial charge in [-0.25, -0.2) is 9.98 Å². The third kappa shape index (κ3) is 4.90. The van der Waals surface area contributed by atoms with Gasteiger partial charge >= 0.3 is 0 Å². The number of nitrogens with one attached hydrogen (secondary N) is 2. The first kappa shape index (κ1) is 21.9. The van der Waals surface area contributed by atoms with Crippen molar-refractivity contribution in [3.63, 3.8) is 0 Å². The Hall–Kier alpha value is -2.89. The van der Waals surface area contributed by atoms with E-state index in [4.69, 9.17) is 4.74 Å². The molecular formula is C25H29N5O2P+. The van der Waals surface area contributed by atoms with Gasteiger partial charge in [0.2, 0.25) is 23.4 Å². The Morgan fingerprint density at radius 2 is 2.24 bits per heavy atom. The first-order valence-corrected chi connectivity index (χ1v) is 12.6. The molecule has 0 spiro atoms. The molecule has 1 aromatic heterocycles. The number of aryl methyl sites for hydroxylation is 1. The van der Waals surface area contributed by atoms with Gasteiger partial charge in [0.1, 0.15) is 6.54 Å². The lowest BCUT2D eigenvalue weighted by molar-refractivity contribution is -0.467. The zero-order chi connectivity index (χ0) is 22.8. The van der Waals surface area contributed by atoms with Crippen LogP contribution in [0.2, 0.25) is 0 Å². The lowest BCUT2D eigenvalue weighted by Crippen LogP contribution is -2.34. The van der Waals surface area contributed by atoms with E-state index in [0.717, 1.165) is 47.6 Å². The van der Waals surface area contributed by atoms with Crippen molar-refractivity contribution in [2.45, 2.75) is 44.9 Å². The quantitative estimate of drug-likeness (QED) is 0.487. The summed E-state index contributed by atoms with van der Waals surface area (Å²) in [5, 5.41) is 6.68. The second-order valence-corrected chi connectivity index (χ2v) is 9.89. The normalized spacial score (nSPS) is 20.3. The summed E-state index contributed by atoms with van der Waals surface area (Å²) >= 11 is 0. The molecule has 0 radical (unpaired) electrons. The molecule has 0 saturated heterocycles. The minimum absolute atomic E-state index is 0.0859. The van der Waals surface area contributed by atoms with Crippen LogP contribution in [0, 0.1) is 0 Å². The number of benzene rings is 1. The van der Waals surface area contributed by atoms with Gasteiger partial charge < -0.3 is 10.1 Å². The van der Waals surface area contributed by atoms with Crippen LogP contribution in [0.3, 0.4) is 0 Å². The summed E-state index contributed by atoms with van der Waals surface area (Å²) < 4.78 is 7.90. The summed E-state index contributed by atoms with van der Waals surface area (Å²) in [5.74, 6) is 0.805. The van der Waals surface area contributed by atoms with Crippen molar-refractivity contribution >= 4 is 32.6 Å². The Bertz CT molecular complexity index is 1170. The Balaban J connectivity index is 1.18. The molecule has 8 heteroatoms. The Morgan fingerprint density at radius 3 is 3.12 bits per heavy atom. The molecule has 33 heavy (non-hydrogen) atoms. The molecule has 2 N–H and O–H groups in total. The van der Waals surface area contributed by atoms with Crippen LogP contribution in [0.15, 0.2) is 52.5 Å². The van der Waals surface area contributed by atoms with E-state index in [1.54, 1.807) is 0 Å². The van der Waals surface area contributed by atoms with Crippen molar-refractivity contribution in [2.24, 2.45) is 4.99 Å². The molecule has 1 aromatic carbocycles. The molecule has 7 nitrogen and oxygen atoms in total. The van der Waals surface area contributed by atoms with Crippen molar-refractivity contribution in [3.05, 3.63) is 64.4 Å². The van der Waals surface area contributed by atoms with E-state index in [1.807, 2.05) is 36.5 Å². The number of carbonyl (C=O) groups is 1. The number of hydrogen-bond donors (Lipinski definition) is 2. The largest absolute Gasteiger partial charge is 0.477 e. The molecule has 2 aromatic rings. The fourth-order valence-corrected chi connectivity index (χ4v) is 5.70. The molecule has 0 fully saturated rings. The van der Waals surface area contributed by atoms with E-state index < -0.39 is 0 Å². The van der Waals surface area contributed by atoms with Gasteiger partial charge in [0.25, 0.3) is 0 Å². The fourth-order valence-electron chi connectivity index (χ4n) is 4.25. The zero-order valence-corrected chi connectivity index (χ0v) is 20.0. The zero-order valence-electron chi connectivity index (χ0n) is 19.0. The van der Waals surface area contributed by atoms with Gasteiger partial charge in [-0.05, 0) is 50.5 Å². The second kappa shape index (κ2) is 9.54. The van der Waals surface area contributed by atoms with Gasteiger partial charge in [0.05, 0.1) is 24.5 Å². The highest BCUT2D eigenvalue weighted by molar-refractivity contribution is 7.44. The number of rotatable bonds is 7. The van der Waals surface area contributed by atoms with E-state index in [2.05, 4.69) is 51.3 Å². The maximum Gasteiger partial charge on any atom is 0.232 e. The first-order valence-electron chi connectivity index (χ1n) is 11.5. The standard InChI is InChI=1S/C25H28N5O2P/c1-3-30-15-21-25(30)33-23(14-26-21)27-16(2)18-6-4-8-19(12-18)28-22(31)13-20-10-9-17-7-5-11-32-24(17)29-20/h4,6,8-10,12,14-16,23,27,33H,3,5,7,11,13H2,1-2H3/p+1. The third-order valence-corrected chi connectivity index (χ3v) is 7.51. The lowest BCUT2D eigenvalue weighted by Gasteiger charge is -2.25. The summed E-state index contributed by atoms with van der Waals surface area (Å²) in [6, 6.07) is 12.1. The van der Waals surface area contributed by atoms with E-state index >= 15 is 0 Å². The van der Waals surface area contributed by atoms with Crippen LogP contribution in [0.5, 0.6) is 5.88 Å². The molecule has 1 amide bonds. The number of hydrogen-bond acceptors (Lipinski definition) is 5. The van der Waals surface area contributed by atoms with E-state index in [9.17, 15) is 4.79 Å². The van der Waals surface area contributed by atoms with Crippen molar-refractivity contribution in [2.75, 3.05) is 18.5 Å². The number of carbonyl (C=O) groups excluding carboxylic acids is 1. The smallest absolute Gasteiger partial charge is 0.232 e. The number of aromatic nitrogens is 1. The number of amides is 1. The van der Waals surface area contributed by atoms with Crippen molar-refractivity contribution in [3.8, 4) is 5.88 Å². The average molecular weight is 463 g/mol. The molecule has 5 rings (SSSR count). The first-order chi connectivity index (χ1) is 16.1. The second-order valence-electron chi connectivity index (χ2n) is 8.51. The van der Waals surface area contributed by atoms with Crippen molar-refractivity contribution in [1.29, 1.82) is 0 Å². The van der Waals surface area contributed by atoms with Crippen LogP contribution in [-0.2, 0) is 17.6 Å². The highest BCUT2D eigenvalue weighted by atomic mass is 31.1. The maximum absolute atomic E-state index is 12.6. The van der Waals surface area contributed by atoms with Gasteiger partial charge in [-0.1, -0.05) is 18.2 Å². The van der Waals surface area contributed by atoms with Gasteiger partial charge in [-0.15, -0.1) is 0 Å². The van der Waals surface area contributed by atoms with Gasteiger partial charge in [0, 0.05) is 32.1 Å². The summed E-state index contributed by atoms with van der Waals surface area (Å²) in [6.45, 7) is 5.98. The number of ether oxygens (including phenoxy) is 1. The average Bonchev–Trinajstić information content (AvgIpc) is 2.81. The van der Waals surface area contributed by atoms with Crippen LogP contribution in [-0.4, -0.2) is 46.8 Å². The summed E-state index contributed by atoms with van der Waals surface area (Å²) in [6.07, 6.45) is 6.34. The maximum atomic E-state index is 12.6. The minimum Gasteiger partial charge on any atom is -0.477 e. The Kier molecular flexibility index (Phi) is 6.34. The number of nitrogens with zero attached hydrogens (tertiary/aromatic N) is 3. The van der Waals surface area contributed by atoms with Gasteiger partial charge in [-0.3, -0.25) is 10.1 Å². The molecule has 0 saturated carbocycles. The molecule has 3 unspecified atom stereocenters. The third-order valence-electron chi connectivity index (χ3n) is 6.07. The molecule has 170 valence electrons. The minimum atomic E-state index is -0.0859. The number of pyridine rings is 1. The van der Waals surface area contributed by atoms with E-state index in [-0.39, 0.29) is 24.2 Å². The molecule has 4 heterocycles. The van der Waals surface area contributed by atoms with E-state index in [1.165, 1.54) is 5.44 Å². The van der Waals surface area contributed by atoms with Gasteiger partial charge in [0.15, 0.2) is 5.70 Å². The Labute approximate surface area is 195 Å². The molecule has 3 aliphatic rings. The summed E-state index contributed by atoms with van der Waals surface area (Å²) in [4.78, 5) is 21.7. The highest BCUT2D eigenvalue weighted by Crippen LogP contribution is 2.38. The van der Waals surface area contributed by atoms with Crippen LogP contribution >= 0.6 is 8.58 Å². The molecule has 0 aliphatic carbocycles. The van der Waals surface area contributed by atoms with Crippen LogP contribution in [0.1, 0.15) is 43.1 Å². The van der Waals surface area contributed by atoms with Gasteiger partial charge in [-0.2, -0.15) is 4.58 Å². The predicted octanol–water partition coefficient (Wildman–Crippen LogP) is 3.61. The van der Waals surface area contributed by atoms with E-state index in [0.29, 0.717) is 21.1 Å². The van der Waals surface area contributed by atoms with Crippen LogP contribution in [0.4, 0.5) is 5.69 Å². The monoisotopic (exact) mass is 462 g/mol. The number of aliphatic imine (C=N–C) groups is 1. The number of fused-ring (bicyclic) bond motifs is 1. The summed E-state index contributed by atoms with van der Waals surface area (Å²) in [5.41, 5.74) is 6.21. The molecule has 3 atom stereocenters. The number of allylic oxidation sites excluding steroid dienone is 1. The van der Waals surface area contributed by atoms with Crippen molar-refractivity contribution < 1.29 is 14.1 Å². The number of anilines is 1. The predicted molar refractivity (Wildman–Crippen MR) is 133 cm³/mol. The SMILES string of the molecule is CC[N+]1=CC2=C1PC(NC(C)c1cccc(NC(=O)Cc3ccc4c(n3)OCCC4)c1)C=N2. The van der Waals surface area contributed by atoms with Crippen molar-refractivity contribution in [1.82, 2.24) is 10.3 Å². The molecule has 3 aliphatic heterocycles. The highest BCUT2D eigenvalue weighted by Gasteiger charge is 2.33. The summed E-state index contributed by atoms with van der Waals surface area (Å²) in [7, 11) is 0.665. The topological polar surface area (TPSA) is 78.6 Å². The molecule has 0 bridgehead atoms. The lowest BCUT2D eigenvalue weighted by atomic mass is 10.1.